The van der Waals surface area contributed by atoms with Crippen molar-refractivity contribution in [1.29, 1.82) is 0 Å². The van der Waals surface area contributed by atoms with Gasteiger partial charge in [-0.1, -0.05) is 12.1 Å². The van der Waals surface area contributed by atoms with Gasteiger partial charge in [0.2, 0.25) is 0 Å². The third kappa shape index (κ3) is 4.83. The van der Waals surface area contributed by atoms with Crippen LogP contribution in [0.5, 0.6) is 5.75 Å². The largest absolute Gasteiger partial charge is 0.497 e. The quantitative estimate of drug-likeness (QED) is 0.563. The van der Waals surface area contributed by atoms with E-state index in [-0.39, 0.29) is 18.3 Å². The highest BCUT2D eigenvalue weighted by Crippen LogP contribution is 2.19. The fourth-order valence-corrected chi connectivity index (χ4v) is 2.98. The highest BCUT2D eigenvalue weighted by atomic mass is 79.9. The van der Waals surface area contributed by atoms with Gasteiger partial charge in [0.25, 0.3) is 5.91 Å². The highest BCUT2D eigenvalue weighted by Gasteiger charge is 2.16. The van der Waals surface area contributed by atoms with Crippen molar-refractivity contribution in [2.45, 2.75) is 13.5 Å². The number of halogens is 1. The molecule has 0 bridgehead atoms. The normalized spacial score (nSPS) is 10.5. The fraction of sp³-hybridized carbons (Fsp3) is 0.190. The number of hydrogen-bond donors (Lipinski definition) is 1. The Balaban J connectivity index is 1.64. The molecule has 29 heavy (non-hydrogen) atoms. The van der Waals surface area contributed by atoms with Crippen molar-refractivity contribution in [2.24, 2.45) is 7.05 Å². The molecule has 3 rings (SSSR count). The van der Waals surface area contributed by atoms with Crippen LogP contribution in [0.15, 0.2) is 53.3 Å². The molecule has 1 N–H and O–H groups in total. The van der Waals surface area contributed by atoms with Crippen LogP contribution in [0.1, 0.15) is 32.1 Å². The number of anilines is 1. The fourth-order valence-electron chi connectivity index (χ4n) is 2.71. The zero-order valence-electron chi connectivity index (χ0n) is 16.2. The predicted molar refractivity (Wildman–Crippen MR) is 112 cm³/mol. The molecule has 0 unspecified atom stereocenters. The molecule has 0 saturated heterocycles. The summed E-state index contributed by atoms with van der Waals surface area (Å²) in [5, 5.41) is 2.78. The lowest BCUT2D eigenvalue weighted by molar-refractivity contribution is 0.0472. The average molecular weight is 458 g/mol. The third-order valence-corrected chi connectivity index (χ3v) is 5.10. The second-order valence-corrected chi connectivity index (χ2v) is 7.18. The predicted octanol–water partition coefficient (Wildman–Crippen LogP) is 4.11. The lowest BCUT2D eigenvalue weighted by Crippen LogP contribution is -2.17. The number of hydrogen-bond acceptors (Lipinski definition) is 5. The van der Waals surface area contributed by atoms with Crippen LogP contribution in [-0.4, -0.2) is 28.5 Å². The maximum Gasteiger partial charge on any atom is 0.338 e. The molecule has 1 heterocycles. The molecular weight excluding hydrogens is 438 g/mol. The first-order chi connectivity index (χ1) is 13.9. The maximum atomic E-state index is 12.4. The number of carbonyl (C=O) groups excluding carboxylic acids is 2. The van der Waals surface area contributed by atoms with Crippen LogP contribution < -0.4 is 10.1 Å². The Kier molecular flexibility index (Phi) is 6.33. The number of imidazole rings is 1. The molecule has 0 radical (unpaired) electrons. The summed E-state index contributed by atoms with van der Waals surface area (Å²) in [7, 11) is 3.33. The van der Waals surface area contributed by atoms with Gasteiger partial charge in [0.05, 0.1) is 18.9 Å². The van der Waals surface area contributed by atoms with Crippen LogP contribution in [0.25, 0.3) is 0 Å². The minimum atomic E-state index is -0.427. The lowest BCUT2D eigenvalue weighted by atomic mass is 10.1. The molecule has 0 saturated carbocycles. The van der Waals surface area contributed by atoms with E-state index in [1.807, 2.05) is 24.3 Å². The number of nitrogens with zero attached hydrogens (tertiary/aromatic N) is 2. The Morgan fingerprint density at radius 3 is 2.48 bits per heavy atom. The molecule has 1 amide bonds. The third-order valence-electron chi connectivity index (χ3n) is 4.37. The molecular formula is C21H20BrN3O4. The van der Waals surface area contributed by atoms with Crippen molar-refractivity contribution in [3.63, 3.8) is 0 Å². The number of aryl methyl sites for hydroxylation is 1. The van der Waals surface area contributed by atoms with Crippen LogP contribution in [0, 0.1) is 6.92 Å². The number of methoxy groups -OCH3 is 1. The summed E-state index contributed by atoms with van der Waals surface area (Å²) in [5.41, 5.74) is 2.57. The molecule has 0 aliphatic heterocycles. The van der Waals surface area contributed by atoms with E-state index in [0.29, 0.717) is 21.4 Å². The summed E-state index contributed by atoms with van der Waals surface area (Å²) in [6.07, 6.45) is 1.56. The molecule has 0 fully saturated rings. The Labute approximate surface area is 176 Å². The van der Waals surface area contributed by atoms with E-state index in [1.165, 1.54) is 0 Å². The van der Waals surface area contributed by atoms with Gasteiger partial charge < -0.3 is 19.4 Å². The smallest absolute Gasteiger partial charge is 0.338 e. The Morgan fingerprint density at radius 2 is 1.90 bits per heavy atom. The second-order valence-electron chi connectivity index (χ2n) is 6.37. The summed E-state index contributed by atoms with van der Waals surface area (Å²) in [6, 6.07) is 12.3. The molecule has 150 valence electrons. The molecule has 0 atom stereocenters. The lowest BCUT2D eigenvalue weighted by Gasteiger charge is -2.10. The molecule has 2 aromatic carbocycles. The Bertz CT molecular complexity index is 1040. The van der Waals surface area contributed by atoms with Crippen molar-refractivity contribution < 1.29 is 19.1 Å². The first-order valence-corrected chi connectivity index (χ1v) is 9.57. The number of benzene rings is 2. The van der Waals surface area contributed by atoms with E-state index in [2.05, 4.69) is 26.2 Å². The topological polar surface area (TPSA) is 82.4 Å². The molecule has 0 spiro atoms. The van der Waals surface area contributed by atoms with Gasteiger partial charge in [-0.3, -0.25) is 4.79 Å². The van der Waals surface area contributed by atoms with Crippen LogP contribution in [0.2, 0.25) is 0 Å². The van der Waals surface area contributed by atoms with Crippen LogP contribution in [0.3, 0.4) is 0 Å². The summed E-state index contributed by atoms with van der Waals surface area (Å²) in [5.74, 6) is 0.251. The summed E-state index contributed by atoms with van der Waals surface area (Å²) < 4.78 is 12.8. The zero-order chi connectivity index (χ0) is 21.0. The number of nitrogens with one attached hydrogen (secondary N) is 1. The van der Waals surface area contributed by atoms with E-state index in [4.69, 9.17) is 9.47 Å². The van der Waals surface area contributed by atoms with Gasteiger partial charge in [0.15, 0.2) is 5.82 Å². The van der Waals surface area contributed by atoms with Crippen molar-refractivity contribution in [3.8, 4) is 5.75 Å². The van der Waals surface area contributed by atoms with E-state index in [1.54, 1.807) is 50.0 Å². The summed E-state index contributed by atoms with van der Waals surface area (Å²) in [4.78, 5) is 28.8. The van der Waals surface area contributed by atoms with Gasteiger partial charge in [-0.25, -0.2) is 9.78 Å². The molecule has 3 aromatic rings. The molecule has 1 aromatic heterocycles. The standard InChI is InChI=1S/C21H20BrN3O4/c1-13-10-15(24-20(26)19-23-11-18(22)25(19)2)6-9-17(13)21(27)29-12-14-4-7-16(28-3)8-5-14/h4-11H,12H2,1-3H3,(H,24,26). The SMILES string of the molecule is COc1ccc(COC(=O)c2ccc(NC(=O)c3ncc(Br)n3C)cc2C)cc1. The van der Waals surface area contributed by atoms with Gasteiger partial charge in [-0.05, 0) is 64.3 Å². The monoisotopic (exact) mass is 457 g/mol. The number of rotatable bonds is 6. The van der Waals surface area contributed by atoms with Gasteiger partial charge in [-0.2, -0.15) is 0 Å². The van der Waals surface area contributed by atoms with Crippen molar-refractivity contribution in [1.82, 2.24) is 9.55 Å². The van der Waals surface area contributed by atoms with E-state index in [9.17, 15) is 9.59 Å². The summed E-state index contributed by atoms with van der Waals surface area (Å²) in [6.45, 7) is 1.95. The zero-order valence-corrected chi connectivity index (χ0v) is 17.8. The van der Waals surface area contributed by atoms with Crippen LogP contribution in [0.4, 0.5) is 5.69 Å². The van der Waals surface area contributed by atoms with Crippen LogP contribution in [-0.2, 0) is 18.4 Å². The van der Waals surface area contributed by atoms with Gasteiger partial charge in [0, 0.05) is 12.7 Å². The minimum Gasteiger partial charge on any atom is -0.497 e. The number of ether oxygens (including phenoxy) is 2. The van der Waals surface area contributed by atoms with Gasteiger partial charge in [-0.15, -0.1) is 0 Å². The maximum absolute atomic E-state index is 12.4. The van der Waals surface area contributed by atoms with E-state index < -0.39 is 5.97 Å². The average Bonchev–Trinajstić information content (AvgIpc) is 3.05. The van der Waals surface area contributed by atoms with Crippen LogP contribution >= 0.6 is 15.9 Å². The van der Waals surface area contributed by atoms with Gasteiger partial charge in [0.1, 0.15) is 17.0 Å². The molecule has 0 aliphatic rings. The number of amides is 1. The molecule has 7 nitrogen and oxygen atoms in total. The van der Waals surface area contributed by atoms with E-state index >= 15 is 0 Å². The van der Waals surface area contributed by atoms with Gasteiger partial charge >= 0.3 is 5.97 Å². The van der Waals surface area contributed by atoms with Crippen molar-refractivity contribution in [3.05, 3.63) is 75.8 Å². The second kappa shape index (κ2) is 8.91. The Morgan fingerprint density at radius 1 is 1.17 bits per heavy atom. The first-order valence-electron chi connectivity index (χ1n) is 8.78. The number of aromatic nitrogens is 2. The molecule has 0 aliphatic carbocycles. The van der Waals surface area contributed by atoms with Crippen molar-refractivity contribution in [2.75, 3.05) is 12.4 Å². The first kappa shape index (κ1) is 20.6. The molecule has 8 heteroatoms. The number of carbonyl (C=O) groups is 2. The van der Waals surface area contributed by atoms with E-state index in [0.717, 1.165) is 11.3 Å². The minimum absolute atomic E-state index is 0.161. The highest BCUT2D eigenvalue weighted by molar-refractivity contribution is 9.10. The number of esters is 1. The summed E-state index contributed by atoms with van der Waals surface area (Å²) >= 11 is 3.31. The Hall–Kier alpha value is -3.13. The van der Waals surface area contributed by atoms with Crippen molar-refractivity contribution >= 4 is 33.5 Å².